The van der Waals surface area contributed by atoms with Crippen molar-refractivity contribution < 1.29 is 18.7 Å². The molecule has 5 heteroatoms. The smallest absolute Gasteiger partial charge is 0.307 e. The largest absolute Gasteiger partial charge is 0.466 e. The van der Waals surface area contributed by atoms with Crippen LogP contribution in [0, 0.1) is 13.8 Å². The van der Waals surface area contributed by atoms with Gasteiger partial charge in [-0.1, -0.05) is 0 Å². The Bertz CT molecular complexity index is 520. The highest BCUT2D eigenvalue weighted by atomic mass is 16.5. The molecule has 2 heterocycles. The molecule has 5 nitrogen and oxygen atoms in total. The van der Waals surface area contributed by atoms with E-state index >= 15 is 0 Å². The first-order valence-corrected chi connectivity index (χ1v) is 7.56. The molecule has 1 aromatic heterocycles. The van der Waals surface area contributed by atoms with Gasteiger partial charge in [0.15, 0.2) is 0 Å². The Hall–Kier alpha value is -1.78. The van der Waals surface area contributed by atoms with Crippen LogP contribution in [0.15, 0.2) is 10.5 Å². The molecular weight excluding hydrogens is 270 g/mol. The van der Waals surface area contributed by atoms with Crippen LogP contribution in [0.3, 0.4) is 0 Å². The van der Waals surface area contributed by atoms with Gasteiger partial charge in [0, 0.05) is 12.6 Å². The Morgan fingerprint density at radius 1 is 1.38 bits per heavy atom. The molecule has 2 rings (SSSR count). The number of carbonyl (C=O) groups is 2. The number of rotatable bonds is 4. The highest BCUT2D eigenvalue weighted by molar-refractivity contribution is 5.95. The zero-order chi connectivity index (χ0) is 15.4. The highest BCUT2D eigenvalue weighted by Gasteiger charge is 2.31. The van der Waals surface area contributed by atoms with E-state index in [4.69, 9.17) is 9.15 Å². The van der Waals surface area contributed by atoms with Gasteiger partial charge in [0.1, 0.15) is 11.5 Å². The second kappa shape index (κ2) is 6.78. The number of hydrogen-bond acceptors (Lipinski definition) is 4. The maximum atomic E-state index is 12.7. The maximum Gasteiger partial charge on any atom is 0.307 e. The summed E-state index contributed by atoms with van der Waals surface area (Å²) in [6, 6.07) is 1.70. The Morgan fingerprint density at radius 2 is 2.14 bits per heavy atom. The van der Waals surface area contributed by atoms with Gasteiger partial charge in [0.2, 0.25) is 0 Å². The Balaban J connectivity index is 2.12. The summed E-state index contributed by atoms with van der Waals surface area (Å²) in [6.45, 7) is 6.48. The topological polar surface area (TPSA) is 59.8 Å². The van der Waals surface area contributed by atoms with E-state index in [-0.39, 0.29) is 24.3 Å². The molecule has 1 aliphatic heterocycles. The standard InChI is InChI=1S/C16H23NO4/c1-4-20-15(18)10-13-7-5-6-8-17(13)16(19)14-9-11(2)21-12(14)3/h9,13H,4-8,10H2,1-3H3. The second-order valence-electron chi connectivity index (χ2n) is 5.48. The van der Waals surface area contributed by atoms with Crippen LogP contribution >= 0.6 is 0 Å². The summed E-state index contributed by atoms with van der Waals surface area (Å²) in [5, 5.41) is 0. The number of likely N-dealkylation sites (tertiary alicyclic amines) is 1. The lowest BCUT2D eigenvalue weighted by Crippen LogP contribution is -2.45. The second-order valence-corrected chi connectivity index (χ2v) is 5.48. The third-order valence-corrected chi connectivity index (χ3v) is 3.87. The van der Waals surface area contributed by atoms with Crippen LogP contribution in [-0.4, -0.2) is 36.0 Å². The number of ether oxygens (including phenoxy) is 1. The molecule has 0 bridgehead atoms. The van der Waals surface area contributed by atoms with Gasteiger partial charge in [-0.2, -0.15) is 0 Å². The molecule has 116 valence electrons. The number of piperidine rings is 1. The summed E-state index contributed by atoms with van der Waals surface area (Å²) in [5.74, 6) is 1.09. The van der Waals surface area contributed by atoms with Gasteiger partial charge in [-0.25, -0.2) is 0 Å². The molecule has 0 N–H and O–H groups in total. The van der Waals surface area contributed by atoms with Crippen LogP contribution in [0.25, 0.3) is 0 Å². The lowest BCUT2D eigenvalue weighted by molar-refractivity contribution is -0.144. The molecule has 0 saturated carbocycles. The quantitative estimate of drug-likeness (QED) is 0.801. The van der Waals surface area contributed by atoms with Gasteiger partial charge in [0.25, 0.3) is 5.91 Å². The van der Waals surface area contributed by atoms with E-state index in [1.807, 2.05) is 6.92 Å². The minimum absolute atomic E-state index is 0.0432. The summed E-state index contributed by atoms with van der Waals surface area (Å²) in [6.07, 6.45) is 3.13. The molecule has 0 spiro atoms. The normalized spacial score (nSPS) is 18.6. The van der Waals surface area contributed by atoms with Gasteiger partial charge >= 0.3 is 5.97 Å². The molecule has 0 aliphatic carbocycles. The zero-order valence-electron chi connectivity index (χ0n) is 13.0. The van der Waals surface area contributed by atoms with Crippen molar-refractivity contribution in [3.05, 3.63) is 23.2 Å². The first kappa shape index (κ1) is 15.6. The zero-order valence-corrected chi connectivity index (χ0v) is 13.0. The first-order chi connectivity index (χ1) is 10.0. The van der Waals surface area contributed by atoms with Gasteiger partial charge in [-0.3, -0.25) is 9.59 Å². The molecule has 1 atom stereocenters. The number of esters is 1. The number of carbonyl (C=O) groups excluding carboxylic acids is 2. The van der Waals surface area contributed by atoms with E-state index in [1.54, 1.807) is 24.8 Å². The average Bonchev–Trinajstić information content (AvgIpc) is 2.78. The fourth-order valence-corrected chi connectivity index (χ4v) is 2.89. The monoisotopic (exact) mass is 293 g/mol. The number of furan rings is 1. The summed E-state index contributed by atoms with van der Waals surface area (Å²) in [7, 11) is 0. The predicted octanol–water partition coefficient (Wildman–Crippen LogP) is 2.84. The van der Waals surface area contributed by atoms with Crippen molar-refractivity contribution in [1.82, 2.24) is 4.90 Å². The van der Waals surface area contributed by atoms with Gasteiger partial charge in [-0.15, -0.1) is 0 Å². The first-order valence-electron chi connectivity index (χ1n) is 7.56. The van der Waals surface area contributed by atoms with E-state index < -0.39 is 0 Å². The van der Waals surface area contributed by atoms with Crippen molar-refractivity contribution in [2.45, 2.75) is 52.5 Å². The molecule has 0 aromatic carbocycles. The fraction of sp³-hybridized carbons (Fsp3) is 0.625. The lowest BCUT2D eigenvalue weighted by Gasteiger charge is -2.35. The molecule has 1 aliphatic rings. The van der Waals surface area contributed by atoms with Crippen LogP contribution in [0.1, 0.15) is 54.5 Å². The van der Waals surface area contributed by atoms with Crippen molar-refractivity contribution in [1.29, 1.82) is 0 Å². The van der Waals surface area contributed by atoms with Crippen molar-refractivity contribution in [3.63, 3.8) is 0 Å². The van der Waals surface area contributed by atoms with Crippen LogP contribution in [-0.2, 0) is 9.53 Å². The summed E-state index contributed by atoms with van der Waals surface area (Å²) in [4.78, 5) is 26.2. The van der Waals surface area contributed by atoms with Crippen LogP contribution in [0.5, 0.6) is 0 Å². The third kappa shape index (κ3) is 3.65. The molecule has 1 unspecified atom stereocenters. The minimum Gasteiger partial charge on any atom is -0.466 e. The van der Waals surface area contributed by atoms with E-state index in [9.17, 15) is 9.59 Å². The van der Waals surface area contributed by atoms with Crippen molar-refractivity contribution in [2.24, 2.45) is 0 Å². The fourth-order valence-electron chi connectivity index (χ4n) is 2.89. The van der Waals surface area contributed by atoms with Crippen LogP contribution in [0.2, 0.25) is 0 Å². The number of hydrogen-bond donors (Lipinski definition) is 0. The average molecular weight is 293 g/mol. The molecule has 1 saturated heterocycles. The molecule has 21 heavy (non-hydrogen) atoms. The maximum absolute atomic E-state index is 12.7. The van der Waals surface area contributed by atoms with E-state index in [1.165, 1.54) is 0 Å². The van der Waals surface area contributed by atoms with Gasteiger partial charge in [0.05, 0.1) is 18.6 Å². The minimum atomic E-state index is -0.234. The van der Waals surface area contributed by atoms with Crippen LogP contribution in [0.4, 0.5) is 0 Å². The lowest BCUT2D eigenvalue weighted by atomic mass is 9.98. The number of nitrogens with zero attached hydrogens (tertiary/aromatic N) is 1. The predicted molar refractivity (Wildman–Crippen MR) is 78.1 cm³/mol. The molecule has 1 amide bonds. The van der Waals surface area contributed by atoms with E-state index in [2.05, 4.69) is 0 Å². The third-order valence-electron chi connectivity index (χ3n) is 3.87. The SMILES string of the molecule is CCOC(=O)CC1CCCCN1C(=O)c1cc(C)oc1C. The summed E-state index contributed by atoms with van der Waals surface area (Å²) >= 11 is 0. The van der Waals surface area contributed by atoms with Gasteiger partial charge < -0.3 is 14.1 Å². The van der Waals surface area contributed by atoms with E-state index in [0.717, 1.165) is 25.0 Å². The van der Waals surface area contributed by atoms with Crippen molar-refractivity contribution in [2.75, 3.05) is 13.2 Å². The van der Waals surface area contributed by atoms with Gasteiger partial charge in [-0.05, 0) is 46.1 Å². The molecule has 1 fully saturated rings. The summed E-state index contributed by atoms with van der Waals surface area (Å²) < 4.78 is 10.5. The van der Waals surface area contributed by atoms with Crippen molar-refractivity contribution >= 4 is 11.9 Å². The number of amides is 1. The molecule has 1 aromatic rings. The Labute approximate surface area is 125 Å². The van der Waals surface area contributed by atoms with Crippen LogP contribution < -0.4 is 0 Å². The van der Waals surface area contributed by atoms with Crippen molar-refractivity contribution in [3.8, 4) is 0 Å². The summed E-state index contributed by atoms with van der Waals surface area (Å²) in [5.41, 5.74) is 0.600. The molecule has 0 radical (unpaired) electrons. The van der Waals surface area contributed by atoms with E-state index in [0.29, 0.717) is 24.5 Å². The molecular formula is C16H23NO4. The Kier molecular flexibility index (Phi) is 5.04. The number of aryl methyl sites for hydroxylation is 2. The highest BCUT2D eigenvalue weighted by Crippen LogP contribution is 2.24. The Morgan fingerprint density at radius 3 is 2.76 bits per heavy atom.